The summed E-state index contributed by atoms with van der Waals surface area (Å²) in [6.45, 7) is 16.4. The molecule has 0 spiro atoms. The number of carbonyl (C=O) groups excluding carboxylic acids is 2. The monoisotopic (exact) mass is 644 g/mol. The lowest BCUT2D eigenvalue weighted by Gasteiger charge is -2.28. The number of rotatable bonds is 11. The minimum absolute atomic E-state index is 0.0389. The van der Waals surface area contributed by atoms with Crippen molar-refractivity contribution in [1.29, 1.82) is 0 Å². The molecule has 0 fully saturated rings. The summed E-state index contributed by atoms with van der Waals surface area (Å²) in [5, 5.41) is -0.0814. The van der Waals surface area contributed by atoms with Crippen LogP contribution in [0, 0.1) is 0 Å². The van der Waals surface area contributed by atoms with Crippen molar-refractivity contribution in [2.24, 2.45) is 0 Å². The molecule has 44 heavy (non-hydrogen) atoms. The van der Waals surface area contributed by atoms with Gasteiger partial charge in [-0.3, -0.25) is 9.69 Å². The van der Waals surface area contributed by atoms with Gasteiger partial charge < -0.3 is 9.47 Å². The second-order valence-corrected chi connectivity index (χ2v) is 16.1. The van der Waals surface area contributed by atoms with E-state index in [2.05, 4.69) is 30.7 Å². The molecule has 3 heterocycles. The van der Waals surface area contributed by atoms with Crippen molar-refractivity contribution in [1.82, 2.24) is 14.3 Å². The number of nitrogens with zero attached hydrogens (tertiary/aromatic N) is 4. The number of amides is 1. The molecule has 0 aliphatic rings. The summed E-state index contributed by atoms with van der Waals surface area (Å²) in [6, 6.07) is 13.6. The van der Waals surface area contributed by atoms with Crippen LogP contribution in [-0.2, 0) is 42.8 Å². The molecule has 10 nitrogen and oxygen atoms in total. The van der Waals surface area contributed by atoms with E-state index < -0.39 is 39.8 Å². The van der Waals surface area contributed by atoms with Crippen molar-refractivity contribution >= 4 is 39.2 Å². The highest BCUT2D eigenvalue weighted by atomic mass is 32.2. The fraction of sp³-hybridized carbons (Fsp3) is 0.500. The number of ether oxygens (including phenoxy) is 2. The Morgan fingerprint density at radius 1 is 0.864 bits per heavy atom. The summed E-state index contributed by atoms with van der Waals surface area (Å²) in [5.41, 5.74) is -1.27. The van der Waals surface area contributed by atoms with Crippen molar-refractivity contribution in [2.75, 3.05) is 11.4 Å². The average molecular weight is 645 g/mol. The Bertz CT molecular complexity index is 1540. The molecule has 0 N–H and O–H groups in total. The molecular formula is C32H44N4O6S2. The van der Waals surface area contributed by atoms with Gasteiger partial charge in [0.05, 0.1) is 12.2 Å². The number of esters is 1. The second-order valence-electron chi connectivity index (χ2n) is 13.1. The van der Waals surface area contributed by atoms with Crippen LogP contribution >= 0.6 is 11.3 Å². The zero-order chi connectivity index (χ0) is 32.9. The van der Waals surface area contributed by atoms with Gasteiger partial charge >= 0.3 is 12.1 Å². The number of thiophene rings is 1. The third-order valence-corrected chi connectivity index (χ3v) is 9.66. The maximum absolute atomic E-state index is 13.9. The SMILES string of the molecule is CCC(C)(C)c1ccc(CN(Cc2cccc(N(CC(=O)OC(C)(C)C)C(=O)OC(C)(C)C)n2)S(=O)(=O)c2ccccn2)s1. The highest BCUT2D eigenvalue weighted by molar-refractivity contribution is 7.89. The Morgan fingerprint density at radius 2 is 1.55 bits per heavy atom. The molecule has 0 aromatic carbocycles. The Kier molecular flexibility index (Phi) is 11.0. The van der Waals surface area contributed by atoms with Crippen molar-refractivity contribution in [3.8, 4) is 0 Å². The first-order valence-corrected chi connectivity index (χ1v) is 16.7. The van der Waals surface area contributed by atoms with Crippen molar-refractivity contribution in [3.05, 3.63) is 70.2 Å². The fourth-order valence-corrected chi connectivity index (χ4v) is 6.58. The van der Waals surface area contributed by atoms with E-state index in [-0.39, 0.29) is 29.3 Å². The van der Waals surface area contributed by atoms with Gasteiger partial charge in [-0.25, -0.2) is 23.2 Å². The van der Waals surface area contributed by atoms with Crippen LogP contribution in [0.5, 0.6) is 0 Å². The van der Waals surface area contributed by atoms with Gasteiger partial charge in [0.2, 0.25) is 0 Å². The number of aromatic nitrogens is 2. The zero-order valence-electron chi connectivity index (χ0n) is 27.1. The Balaban J connectivity index is 2.00. The number of sulfonamides is 1. The number of pyridine rings is 2. The van der Waals surface area contributed by atoms with E-state index in [1.807, 2.05) is 12.1 Å². The highest BCUT2D eigenvalue weighted by Gasteiger charge is 2.31. The van der Waals surface area contributed by atoms with Gasteiger partial charge in [0.1, 0.15) is 23.6 Å². The minimum atomic E-state index is -4.03. The molecule has 0 radical (unpaired) electrons. The molecular weight excluding hydrogens is 601 g/mol. The molecule has 3 rings (SSSR count). The van der Waals surface area contributed by atoms with E-state index in [1.165, 1.54) is 21.4 Å². The van der Waals surface area contributed by atoms with E-state index >= 15 is 0 Å². The topological polar surface area (TPSA) is 119 Å². The first-order valence-electron chi connectivity index (χ1n) is 14.5. The van der Waals surface area contributed by atoms with Gasteiger partial charge in [0, 0.05) is 22.5 Å². The maximum Gasteiger partial charge on any atom is 0.416 e. The van der Waals surface area contributed by atoms with Crippen LogP contribution in [0.1, 0.15) is 84.2 Å². The van der Waals surface area contributed by atoms with Crippen LogP contribution in [0.15, 0.2) is 59.8 Å². The van der Waals surface area contributed by atoms with Gasteiger partial charge in [-0.1, -0.05) is 32.9 Å². The Morgan fingerprint density at radius 3 is 2.14 bits per heavy atom. The van der Waals surface area contributed by atoms with E-state index in [1.54, 1.807) is 83.2 Å². The molecule has 0 aliphatic heterocycles. The Hall–Kier alpha value is -3.35. The Labute approximate surface area is 265 Å². The lowest BCUT2D eigenvalue weighted by atomic mass is 9.89. The van der Waals surface area contributed by atoms with Gasteiger partial charge in [-0.2, -0.15) is 4.31 Å². The minimum Gasteiger partial charge on any atom is -0.459 e. The smallest absolute Gasteiger partial charge is 0.416 e. The predicted octanol–water partition coefficient (Wildman–Crippen LogP) is 6.70. The van der Waals surface area contributed by atoms with Gasteiger partial charge in [-0.15, -0.1) is 11.3 Å². The molecule has 1 amide bonds. The summed E-state index contributed by atoms with van der Waals surface area (Å²) in [6.07, 6.45) is 1.60. The number of hydrogen-bond donors (Lipinski definition) is 0. The molecule has 0 saturated carbocycles. The van der Waals surface area contributed by atoms with Gasteiger partial charge in [0.15, 0.2) is 5.03 Å². The van der Waals surface area contributed by atoms with Crippen molar-refractivity contribution in [3.63, 3.8) is 0 Å². The van der Waals surface area contributed by atoms with Crippen LogP contribution in [0.2, 0.25) is 0 Å². The molecule has 0 bridgehead atoms. The van der Waals surface area contributed by atoms with E-state index in [0.717, 1.165) is 16.2 Å². The lowest BCUT2D eigenvalue weighted by Crippen LogP contribution is -2.42. The van der Waals surface area contributed by atoms with Crippen LogP contribution in [0.3, 0.4) is 0 Å². The largest absolute Gasteiger partial charge is 0.459 e. The van der Waals surface area contributed by atoms with Crippen LogP contribution in [0.4, 0.5) is 10.6 Å². The summed E-state index contributed by atoms with van der Waals surface area (Å²) >= 11 is 1.58. The third kappa shape index (κ3) is 9.83. The zero-order valence-corrected chi connectivity index (χ0v) is 28.7. The van der Waals surface area contributed by atoms with Crippen LogP contribution in [-0.4, -0.2) is 52.5 Å². The fourth-order valence-electron chi connectivity index (χ4n) is 3.98. The predicted molar refractivity (Wildman–Crippen MR) is 172 cm³/mol. The molecule has 240 valence electrons. The molecule has 3 aromatic heterocycles. The lowest BCUT2D eigenvalue weighted by molar-refractivity contribution is -0.153. The number of anilines is 1. The van der Waals surface area contributed by atoms with Gasteiger partial charge in [-0.05, 0) is 89.8 Å². The van der Waals surface area contributed by atoms with Crippen LogP contribution in [0.25, 0.3) is 0 Å². The number of hydrogen-bond acceptors (Lipinski definition) is 9. The summed E-state index contributed by atoms with van der Waals surface area (Å²) in [4.78, 5) is 37.9. The third-order valence-electron chi connectivity index (χ3n) is 6.51. The van der Waals surface area contributed by atoms with Crippen LogP contribution < -0.4 is 4.90 Å². The summed E-state index contributed by atoms with van der Waals surface area (Å²) in [5.74, 6) is -0.515. The molecule has 0 saturated heterocycles. The second kappa shape index (κ2) is 13.7. The van der Waals surface area contributed by atoms with Gasteiger partial charge in [0.25, 0.3) is 10.0 Å². The quantitative estimate of drug-likeness (QED) is 0.212. The first kappa shape index (κ1) is 35.1. The van der Waals surface area contributed by atoms with Crippen molar-refractivity contribution in [2.45, 2.75) is 103 Å². The van der Waals surface area contributed by atoms with E-state index in [0.29, 0.717) is 5.69 Å². The molecule has 3 aromatic rings. The first-order chi connectivity index (χ1) is 20.3. The molecule has 0 aliphatic carbocycles. The summed E-state index contributed by atoms with van der Waals surface area (Å²) < 4.78 is 40.0. The molecule has 0 unspecified atom stereocenters. The molecule has 12 heteroatoms. The maximum atomic E-state index is 13.9. The summed E-state index contributed by atoms with van der Waals surface area (Å²) in [7, 11) is -4.03. The standard InChI is InChI=1S/C32H44N4O6S2/c1-10-32(8,9)25-18-17-24(43-25)21-35(44(39,40)27-16-11-12-19-33-27)20-23-14-13-15-26(34-23)36(29(38)42-31(5,6)7)22-28(37)41-30(2,3)4/h11-19H,10,20-22H2,1-9H3. The van der Waals surface area contributed by atoms with E-state index in [4.69, 9.17) is 9.47 Å². The molecule has 0 atom stereocenters. The highest BCUT2D eigenvalue weighted by Crippen LogP contribution is 2.34. The normalized spacial score (nSPS) is 12.7. The van der Waals surface area contributed by atoms with Crippen molar-refractivity contribution < 1.29 is 27.5 Å². The van der Waals surface area contributed by atoms with E-state index in [9.17, 15) is 18.0 Å². The number of carbonyl (C=O) groups is 2. The average Bonchev–Trinajstić information content (AvgIpc) is 3.40.